The predicted octanol–water partition coefficient (Wildman–Crippen LogP) is 4.85. The van der Waals surface area contributed by atoms with Gasteiger partial charge >= 0.3 is 0 Å². The number of anilines is 1. The molecule has 1 fully saturated rings. The number of carbonyl (C=O) groups excluding carboxylic acids is 2. The molecule has 1 saturated heterocycles. The Hall–Kier alpha value is -3.45. The highest BCUT2D eigenvalue weighted by Gasteiger charge is 2.54. The van der Waals surface area contributed by atoms with Crippen molar-refractivity contribution in [2.45, 2.75) is 44.9 Å². The van der Waals surface area contributed by atoms with Gasteiger partial charge in [0, 0.05) is 41.7 Å². The molecule has 0 bridgehead atoms. The summed E-state index contributed by atoms with van der Waals surface area (Å²) in [5.74, 6) is 1.03. The van der Waals surface area contributed by atoms with E-state index in [0.29, 0.717) is 5.56 Å². The monoisotopic (exact) mass is 557 g/mol. The SMILES string of the molecule is Cc1n(CC(=O)N2CCC3(C)c4ccccc4N(C)C23)c2ccccc2[n+]1CC(=O)c1ccc(Br)cc1. The summed E-state index contributed by atoms with van der Waals surface area (Å²) in [7, 11) is 2.10. The van der Waals surface area contributed by atoms with Crippen LogP contribution in [-0.2, 0) is 23.3 Å². The number of halogens is 1. The van der Waals surface area contributed by atoms with E-state index >= 15 is 0 Å². The molecule has 7 heteroatoms. The zero-order valence-electron chi connectivity index (χ0n) is 21.3. The number of hydrogen-bond donors (Lipinski definition) is 0. The number of likely N-dealkylation sites (tertiary alicyclic amines) is 1. The van der Waals surface area contributed by atoms with Crippen molar-refractivity contribution in [3.63, 3.8) is 0 Å². The second-order valence-corrected chi connectivity index (χ2v) is 11.3. The third-order valence-corrected chi connectivity index (χ3v) is 8.86. The molecule has 2 atom stereocenters. The average Bonchev–Trinajstić information content (AvgIpc) is 3.47. The number of fused-ring (bicyclic) bond motifs is 4. The summed E-state index contributed by atoms with van der Waals surface area (Å²) < 4.78 is 5.03. The smallest absolute Gasteiger partial charge is 0.266 e. The number of hydrogen-bond acceptors (Lipinski definition) is 3. The molecule has 0 saturated carbocycles. The average molecular weight is 559 g/mol. The second kappa shape index (κ2) is 8.84. The number of rotatable bonds is 5. The van der Waals surface area contributed by atoms with Gasteiger partial charge in [0.05, 0.1) is 0 Å². The number of imidazole rings is 1. The van der Waals surface area contributed by atoms with Crippen LogP contribution in [0.3, 0.4) is 0 Å². The Labute approximate surface area is 225 Å². The Balaban J connectivity index is 1.31. The number of benzene rings is 3. The Morgan fingerprint density at radius 2 is 1.73 bits per heavy atom. The fourth-order valence-corrected chi connectivity index (χ4v) is 6.69. The Kier molecular flexibility index (Phi) is 5.71. The third kappa shape index (κ3) is 3.71. The molecule has 1 aromatic heterocycles. The number of likely N-dealkylation sites (N-methyl/N-ethyl adjacent to an activating group) is 1. The Morgan fingerprint density at radius 1 is 1.03 bits per heavy atom. The van der Waals surface area contributed by atoms with Gasteiger partial charge in [-0.25, -0.2) is 9.13 Å². The number of nitrogens with zero attached hydrogens (tertiary/aromatic N) is 4. The van der Waals surface area contributed by atoms with E-state index in [9.17, 15) is 9.59 Å². The Morgan fingerprint density at radius 3 is 2.51 bits per heavy atom. The maximum absolute atomic E-state index is 13.9. The van der Waals surface area contributed by atoms with Crippen LogP contribution in [0.4, 0.5) is 5.69 Å². The standard InChI is InChI=1S/C30H30BrN4O2/c1-20-34(18-27(36)21-12-14-22(31)15-13-21)25-10-6-7-11-26(25)35(20)19-28(37)33-17-16-30(2)23-8-4-5-9-24(23)32(3)29(30)33/h4-15,29H,16-19H2,1-3H3/q+1. The van der Waals surface area contributed by atoms with Crippen molar-refractivity contribution in [3.8, 4) is 0 Å². The van der Waals surface area contributed by atoms with Gasteiger partial charge in [0.15, 0.2) is 24.1 Å². The predicted molar refractivity (Wildman–Crippen MR) is 148 cm³/mol. The van der Waals surface area contributed by atoms with Crippen LogP contribution in [-0.4, -0.2) is 40.9 Å². The van der Waals surface area contributed by atoms with E-state index in [0.717, 1.165) is 34.3 Å². The second-order valence-electron chi connectivity index (χ2n) is 10.4. The van der Waals surface area contributed by atoms with E-state index in [2.05, 4.69) is 63.6 Å². The molecule has 0 radical (unpaired) electrons. The van der Waals surface area contributed by atoms with Crippen molar-refractivity contribution in [2.75, 3.05) is 18.5 Å². The van der Waals surface area contributed by atoms with Gasteiger partial charge in [0.25, 0.3) is 11.7 Å². The highest BCUT2D eigenvalue weighted by atomic mass is 79.9. The van der Waals surface area contributed by atoms with Gasteiger partial charge in [0.2, 0.25) is 5.78 Å². The molecule has 3 heterocycles. The van der Waals surface area contributed by atoms with Crippen molar-refractivity contribution in [1.29, 1.82) is 0 Å². The first-order valence-electron chi connectivity index (χ1n) is 12.7. The highest BCUT2D eigenvalue weighted by Crippen LogP contribution is 2.51. The first-order valence-corrected chi connectivity index (χ1v) is 13.5. The molecule has 37 heavy (non-hydrogen) atoms. The summed E-state index contributed by atoms with van der Waals surface area (Å²) in [5.41, 5.74) is 5.04. The lowest BCUT2D eigenvalue weighted by atomic mass is 9.81. The zero-order chi connectivity index (χ0) is 25.9. The molecule has 1 amide bonds. The van der Waals surface area contributed by atoms with E-state index < -0.39 is 0 Å². The lowest BCUT2D eigenvalue weighted by molar-refractivity contribution is -0.664. The van der Waals surface area contributed by atoms with Crippen molar-refractivity contribution in [2.24, 2.45) is 0 Å². The minimum atomic E-state index is -0.0776. The summed E-state index contributed by atoms with van der Waals surface area (Å²) in [6, 6.07) is 24.0. The summed E-state index contributed by atoms with van der Waals surface area (Å²) >= 11 is 3.43. The van der Waals surface area contributed by atoms with Crippen LogP contribution >= 0.6 is 15.9 Å². The zero-order valence-corrected chi connectivity index (χ0v) is 22.9. The maximum Gasteiger partial charge on any atom is 0.266 e. The minimum absolute atomic E-state index is 0.00522. The van der Waals surface area contributed by atoms with Crippen molar-refractivity contribution in [3.05, 3.63) is 94.2 Å². The van der Waals surface area contributed by atoms with Crippen LogP contribution in [0.15, 0.2) is 77.3 Å². The number of carbonyl (C=O) groups is 2. The first-order chi connectivity index (χ1) is 17.8. The van der Waals surface area contributed by atoms with Gasteiger partial charge < -0.3 is 9.80 Å². The molecule has 6 rings (SSSR count). The van der Waals surface area contributed by atoms with E-state index in [4.69, 9.17) is 0 Å². The molecule has 0 aliphatic carbocycles. The molecule has 0 N–H and O–H groups in total. The summed E-state index contributed by atoms with van der Waals surface area (Å²) in [6.45, 7) is 5.47. The molecule has 3 aromatic carbocycles. The van der Waals surface area contributed by atoms with Crippen LogP contribution in [0.1, 0.15) is 35.1 Å². The lowest BCUT2D eigenvalue weighted by Gasteiger charge is -2.34. The number of para-hydroxylation sites is 3. The molecule has 0 spiro atoms. The van der Waals surface area contributed by atoms with E-state index in [-0.39, 0.29) is 36.4 Å². The number of ketones is 1. The molecule has 6 nitrogen and oxygen atoms in total. The van der Waals surface area contributed by atoms with E-state index in [1.165, 1.54) is 11.3 Å². The molecule has 4 aromatic rings. The van der Waals surface area contributed by atoms with Gasteiger partial charge in [-0.05, 0) is 42.3 Å². The van der Waals surface area contributed by atoms with Crippen molar-refractivity contribution in [1.82, 2.24) is 9.47 Å². The highest BCUT2D eigenvalue weighted by molar-refractivity contribution is 9.10. The van der Waals surface area contributed by atoms with Crippen molar-refractivity contribution >= 4 is 44.3 Å². The maximum atomic E-state index is 13.9. The fourth-order valence-electron chi connectivity index (χ4n) is 6.43. The van der Waals surface area contributed by atoms with Gasteiger partial charge in [-0.2, -0.15) is 0 Å². The normalized spacial score (nSPS) is 20.4. The summed E-state index contributed by atoms with van der Waals surface area (Å²) in [4.78, 5) is 31.3. The number of amides is 1. The largest absolute Gasteiger partial charge is 0.353 e. The Bertz CT molecular complexity index is 1540. The minimum Gasteiger partial charge on any atom is -0.353 e. The first kappa shape index (κ1) is 23.9. The van der Waals surface area contributed by atoms with Crippen LogP contribution in [0, 0.1) is 6.92 Å². The van der Waals surface area contributed by atoms with Crippen LogP contribution in [0.5, 0.6) is 0 Å². The van der Waals surface area contributed by atoms with Crippen LogP contribution in [0.25, 0.3) is 11.0 Å². The summed E-state index contributed by atoms with van der Waals surface area (Å²) in [5, 5.41) is 0. The number of Topliss-reactive ketones (excluding diaryl/α,β-unsaturated/α-hetero) is 1. The van der Waals surface area contributed by atoms with Gasteiger partial charge in [-0.3, -0.25) is 9.59 Å². The molecule has 188 valence electrons. The molecular formula is C30H30BrN4O2+. The van der Waals surface area contributed by atoms with Crippen LogP contribution < -0.4 is 9.47 Å². The molecule has 2 unspecified atom stereocenters. The lowest BCUT2D eigenvalue weighted by Crippen LogP contribution is -2.50. The summed E-state index contributed by atoms with van der Waals surface area (Å²) in [6.07, 6.45) is 0.948. The molecule has 2 aliphatic rings. The topological polar surface area (TPSA) is 49.4 Å². The quantitative estimate of drug-likeness (QED) is 0.260. The van der Waals surface area contributed by atoms with E-state index in [1.54, 1.807) is 0 Å². The van der Waals surface area contributed by atoms with Gasteiger partial charge in [-0.15, -0.1) is 0 Å². The van der Waals surface area contributed by atoms with E-state index in [1.807, 2.05) is 64.9 Å². The molecular weight excluding hydrogens is 528 g/mol. The number of aromatic nitrogens is 2. The fraction of sp³-hybridized carbons (Fsp3) is 0.300. The van der Waals surface area contributed by atoms with Crippen molar-refractivity contribution < 1.29 is 14.2 Å². The van der Waals surface area contributed by atoms with Gasteiger partial charge in [-0.1, -0.05) is 65.3 Å². The molecule has 2 aliphatic heterocycles. The van der Waals surface area contributed by atoms with Gasteiger partial charge in [0.1, 0.15) is 6.17 Å². The van der Waals surface area contributed by atoms with Crippen LogP contribution in [0.2, 0.25) is 0 Å². The third-order valence-electron chi connectivity index (χ3n) is 8.33.